The van der Waals surface area contributed by atoms with Crippen LogP contribution in [0.3, 0.4) is 0 Å². The van der Waals surface area contributed by atoms with Crippen LogP contribution in [0.2, 0.25) is 0 Å². The lowest BCUT2D eigenvalue weighted by Gasteiger charge is -2.27. The van der Waals surface area contributed by atoms with Crippen LogP contribution >= 0.6 is 0 Å². The average molecular weight is 428 g/mol. The van der Waals surface area contributed by atoms with Crippen molar-refractivity contribution in [2.24, 2.45) is 7.05 Å². The predicted octanol–water partition coefficient (Wildman–Crippen LogP) is 4.45. The minimum atomic E-state index is -2.63. The van der Waals surface area contributed by atoms with Gasteiger partial charge in [0.2, 0.25) is 5.91 Å². The number of aromatic nitrogens is 4. The van der Waals surface area contributed by atoms with Gasteiger partial charge in [-0.3, -0.25) is 14.2 Å². The third-order valence-corrected chi connectivity index (χ3v) is 5.59. The van der Waals surface area contributed by atoms with Gasteiger partial charge >= 0.3 is 0 Å². The number of aryl methyl sites for hydroxylation is 1. The standard InChI is InChI=1S/C22H26F2N6O/c1-13(2)30-20-7-8-29(14(3)31)12-19(20)22(27-30)26-16-5-6-17(18(9-16)21(23)24)15-10-25-28(4)11-15/h5-6,9-11,13,21H,7-8,12H2,1-4H3,(H,26,27). The van der Waals surface area contributed by atoms with Crippen molar-refractivity contribution < 1.29 is 13.6 Å². The van der Waals surface area contributed by atoms with Crippen molar-refractivity contribution in [2.75, 3.05) is 11.9 Å². The van der Waals surface area contributed by atoms with Gasteiger partial charge in [-0.25, -0.2) is 8.78 Å². The summed E-state index contributed by atoms with van der Waals surface area (Å²) in [5, 5.41) is 12.0. The van der Waals surface area contributed by atoms with Gasteiger partial charge in [0.15, 0.2) is 5.82 Å². The van der Waals surface area contributed by atoms with E-state index < -0.39 is 6.43 Å². The third kappa shape index (κ3) is 4.04. The molecule has 1 aromatic carbocycles. The van der Waals surface area contributed by atoms with Crippen LogP contribution in [-0.4, -0.2) is 36.9 Å². The molecule has 164 valence electrons. The molecule has 4 rings (SSSR count). The number of benzene rings is 1. The molecule has 0 radical (unpaired) electrons. The van der Waals surface area contributed by atoms with Crippen molar-refractivity contribution >= 4 is 17.4 Å². The zero-order chi connectivity index (χ0) is 22.3. The molecule has 9 heteroatoms. The number of alkyl halides is 2. The highest BCUT2D eigenvalue weighted by Crippen LogP contribution is 2.35. The zero-order valence-corrected chi connectivity index (χ0v) is 18.1. The number of rotatable bonds is 5. The van der Waals surface area contributed by atoms with Crippen LogP contribution in [0.5, 0.6) is 0 Å². The van der Waals surface area contributed by atoms with E-state index in [0.717, 1.165) is 11.3 Å². The minimum Gasteiger partial charge on any atom is -0.338 e. The molecule has 0 aliphatic carbocycles. The molecule has 3 heterocycles. The van der Waals surface area contributed by atoms with Gasteiger partial charge in [0, 0.05) is 67.2 Å². The summed E-state index contributed by atoms with van der Waals surface area (Å²) in [5.41, 5.74) is 3.56. The number of hydrogen-bond donors (Lipinski definition) is 1. The van der Waals surface area contributed by atoms with Crippen LogP contribution in [0.1, 0.15) is 50.1 Å². The summed E-state index contributed by atoms with van der Waals surface area (Å²) in [6.07, 6.45) is 1.37. The third-order valence-electron chi connectivity index (χ3n) is 5.59. The normalized spacial score (nSPS) is 13.7. The Morgan fingerprint density at radius 3 is 2.65 bits per heavy atom. The number of nitrogens with one attached hydrogen (secondary N) is 1. The van der Waals surface area contributed by atoms with Crippen molar-refractivity contribution in [3.63, 3.8) is 0 Å². The van der Waals surface area contributed by atoms with E-state index in [1.54, 1.807) is 48.1 Å². The summed E-state index contributed by atoms with van der Waals surface area (Å²) in [7, 11) is 1.75. The molecule has 7 nitrogen and oxygen atoms in total. The highest BCUT2D eigenvalue weighted by atomic mass is 19.3. The molecule has 0 fully saturated rings. The van der Waals surface area contributed by atoms with Crippen LogP contribution in [0.15, 0.2) is 30.6 Å². The maximum atomic E-state index is 13.8. The second kappa shape index (κ2) is 8.13. The molecule has 0 saturated carbocycles. The Morgan fingerprint density at radius 1 is 1.26 bits per heavy atom. The second-order valence-electron chi connectivity index (χ2n) is 8.13. The lowest BCUT2D eigenvalue weighted by atomic mass is 10.0. The van der Waals surface area contributed by atoms with Crippen molar-refractivity contribution in [3.05, 3.63) is 47.4 Å². The fourth-order valence-electron chi connectivity index (χ4n) is 4.02. The molecule has 1 aliphatic rings. The van der Waals surface area contributed by atoms with Gasteiger partial charge in [-0.15, -0.1) is 0 Å². The lowest BCUT2D eigenvalue weighted by molar-refractivity contribution is -0.129. The van der Waals surface area contributed by atoms with Crippen LogP contribution in [0, 0.1) is 0 Å². The van der Waals surface area contributed by atoms with Crippen LogP contribution < -0.4 is 5.32 Å². The number of amides is 1. The fraction of sp³-hybridized carbons (Fsp3) is 0.409. The summed E-state index contributed by atoms with van der Waals surface area (Å²) in [6.45, 7) is 6.75. The highest BCUT2D eigenvalue weighted by Gasteiger charge is 2.27. The maximum absolute atomic E-state index is 13.8. The van der Waals surface area contributed by atoms with Gasteiger partial charge in [-0.2, -0.15) is 10.2 Å². The lowest BCUT2D eigenvalue weighted by Crippen LogP contribution is -2.34. The maximum Gasteiger partial charge on any atom is 0.264 e. The van der Waals surface area contributed by atoms with Gasteiger partial charge in [-0.05, 0) is 31.5 Å². The summed E-state index contributed by atoms with van der Waals surface area (Å²) >= 11 is 0. The molecular weight excluding hydrogens is 402 g/mol. The molecule has 0 spiro atoms. The Labute approximate surface area is 179 Å². The number of nitrogens with zero attached hydrogens (tertiary/aromatic N) is 5. The average Bonchev–Trinajstić information content (AvgIpc) is 3.31. The van der Waals surface area contributed by atoms with Crippen LogP contribution in [0.25, 0.3) is 11.1 Å². The van der Waals surface area contributed by atoms with E-state index in [0.29, 0.717) is 42.1 Å². The molecule has 0 unspecified atom stereocenters. The van der Waals surface area contributed by atoms with E-state index in [4.69, 9.17) is 5.10 Å². The molecule has 0 saturated heterocycles. The van der Waals surface area contributed by atoms with Gasteiger partial charge in [-0.1, -0.05) is 6.07 Å². The van der Waals surface area contributed by atoms with Crippen molar-refractivity contribution in [1.82, 2.24) is 24.5 Å². The first-order valence-corrected chi connectivity index (χ1v) is 10.3. The van der Waals surface area contributed by atoms with Crippen molar-refractivity contribution in [3.8, 4) is 11.1 Å². The van der Waals surface area contributed by atoms with Gasteiger partial charge < -0.3 is 10.2 Å². The number of carbonyl (C=O) groups excluding carboxylic acids is 1. The monoisotopic (exact) mass is 428 g/mol. The van der Waals surface area contributed by atoms with E-state index in [1.807, 2.05) is 18.5 Å². The van der Waals surface area contributed by atoms with Crippen molar-refractivity contribution in [2.45, 2.75) is 46.2 Å². The number of anilines is 2. The quantitative estimate of drug-likeness (QED) is 0.652. The zero-order valence-electron chi connectivity index (χ0n) is 18.1. The first-order valence-electron chi connectivity index (χ1n) is 10.3. The Balaban J connectivity index is 1.71. The Hall–Kier alpha value is -3.23. The summed E-state index contributed by atoms with van der Waals surface area (Å²) in [5.74, 6) is 0.610. The molecule has 1 aliphatic heterocycles. The molecule has 1 N–H and O–H groups in total. The highest BCUT2D eigenvalue weighted by molar-refractivity contribution is 5.75. The summed E-state index contributed by atoms with van der Waals surface area (Å²) in [6, 6.07) is 5.05. The summed E-state index contributed by atoms with van der Waals surface area (Å²) < 4.78 is 31.2. The molecule has 0 bridgehead atoms. The molecule has 31 heavy (non-hydrogen) atoms. The van der Waals surface area contributed by atoms with E-state index in [1.165, 1.54) is 6.07 Å². The predicted molar refractivity (Wildman–Crippen MR) is 114 cm³/mol. The Morgan fingerprint density at radius 2 is 2.03 bits per heavy atom. The van der Waals surface area contributed by atoms with Crippen molar-refractivity contribution in [1.29, 1.82) is 0 Å². The summed E-state index contributed by atoms with van der Waals surface area (Å²) in [4.78, 5) is 13.7. The first-order chi connectivity index (χ1) is 14.7. The fourth-order valence-corrected chi connectivity index (χ4v) is 4.02. The number of hydrogen-bond acceptors (Lipinski definition) is 4. The van der Waals surface area contributed by atoms with Gasteiger partial charge in [0.05, 0.1) is 12.7 Å². The molecule has 2 aromatic heterocycles. The van der Waals surface area contributed by atoms with Gasteiger partial charge in [0.25, 0.3) is 6.43 Å². The number of fused-ring (bicyclic) bond motifs is 1. The first kappa shape index (κ1) is 21.0. The topological polar surface area (TPSA) is 68.0 Å². The Bertz CT molecular complexity index is 1120. The molecular formula is C22H26F2N6O. The van der Waals surface area contributed by atoms with E-state index in [2.05, 4.69) is 10.4 Å². The second-order valence-corrected chi connectivity index (χ2v) is 8.13. The number of halogens is 2. The molecule has 1 amide bonds. The van der Waals surface area contributed by atoms with Crippen LogP contribution in [-0.2, 0) is 24.8 Å². The SMILES string of the molecule is CC(=O)N1CCc2c(c(Nc3ccc(-c4cnn(C)c4)c(C(F)F)c3)nn2C(C)C)C1. The smallest absolute Gasteiger partial charge is 0.264 e. The van der Waals surface area contributed by atoms with E-state index >= 15 is 0 Å². The molecule has 0 atom stereocenters. The van der Waals surface area contributed by atoms with Crippen LogP contribution in [0.4, 0.5) is 20.3 Å². The Kier molecular flexibility index (Phi) is 5.51. The van der Waals surface area contributed by atoms with E-state index in [-0.39, 0.29) is 17.5 Å². The number of carbonyl (C=O) groups is 1. The molecule has 3 aromatic rings. The largest absolute Gasteiger partial charge is 0.338 e. The van der Waals surface area contributed by atoms with Gasteiger partial charge in [0.1, 0.15) is 0 Å². The van der Waals surface area contributed by atoms with E-state index in [9.17, 15) is 13.6 Å². The minimum absolute atomic E-state index is 0.00899.